The zero-order valence-electron chi connectivity index (χ0n) is 18.2. The van der Waals surface area contributed by atoms with Crippen molar-refractivity contribution in [3.63, 3.8) is 0 Å². The van der Waals surface area contributed by atoms with Crippen LogP contribution in [0.5, 0.6) is 0 Å². The molecule has 1 saturated heterocycles. The van der Waals surface area contributed by atoms with Crippen LogP contribution in [0.2, 0.25) is 0 Å². The molecule has 0 unspecified atom stereocenters. The van der Waals surface area contributed by atoms with E-state index < -0.39 is 11.8 Å². The number of nitrogens with one attached hydrogen (secondary N) is 1. The fraction of sp³-hybridized carbons (Fsp3) is 0.636. The second-order valence-corrected chi connectivity index (χ2v) is 8.85. The maximum atomic E-state index is 10.8. The van der Waals surface area contributed by atoms with E-state index in [-0.39, 0.29) is 6.10 Å². The molecule has 1 saturated carbocycles. The number of oxime groups is 1. The number of fused-ring (bicyclic) bond motifs is 1. The molecule has 4 heterocycles. The fourth-order valence-electron chi connectivity index (χ4n) is 4.99. The Balaban J connectivity index is 1.40. The predicted octanol–water partition coefficient (Wildman–Crippen LogP) is 3.54. The molecule has 32 heavy (non-hydrogen) atoms. The van der Waals surface area contributed by atoms with Crippen molar-refractivity contribution < 1.29 is 24.2 Å². The summed E-state index contributed by atoms with van der Waals surface area (Å²) in [4.78, 5) is 21.5. The van der Waals surface area contributed by atoms with Crippen molar-refractivity contribution in [1.29, 1.82) is 0 Å². The largest absolute Gasteiger partial charge is 0.506 e. The minimum atomic E-state index is -1.22. The molecule has 2 fully saturated rings. The van der Waals surface area contributed by atoms with Crippen LogP contribution in [0.4, 0.5) is 10.5 Å². The number of aromatic nitrogens is 3. The van der Waals surface area contributed by atoms with Crippen molar-refractivity contribution in [2.45, 2.75) is 76.2 Å². The van der Waals surface area contributed by atoms with E-state index in [1.54, 1.807) is 0 Å². The summed E-state index contributed by atoms with van der Waals surface area (Å²) in [5, 5.41) is 22.6. The van der Waals surface area contributed by atoms with Gasteiger partial charge >= 0.3 is 6.16 Å². The van der Waals surface area contributed by atoms with E-state index in [2.05, 4.69) is 22.5 Å². The average Bonchev–Trinajstić information content (AvgIpc) is 3.41. The first kappa shape index (κ1) is 21.0. The van der Waals surface area contributed by atoms with Gasteiger partial charge in [-0.25, -0.2) is 14.5 Å². The number of ether oxygens (including phenoxy) is 2. The molecule has 5 rings (SSSR count). The number of carbonyl (C=O) groups is 1. The molecule has 2 aliphatic heterocycles. The third-order valence-corrected chi connectivity index (χ3v) is 6.80. The van der Waals surface area contributed by atoms with Crippen LogP contribution < -0.4 is 5.32 Å². The van der Waals surface area contributed by atoms with E-state index in [4.69, 9.17) is 24.4 Å². The number of hydrogen-bond donors (Lipinski definition) is 2. The standard InChI is InChI=1S/C22H29N5O5/c1-2-27-20-17(13-24-27)19(25-14-5-9-30-10-6-14)16(12-23-20)18-11-22(32-26-18)7-3-15(4-8-22)31-21(28)29/h12-15H,2-11H2,1H3,(H,23,25)(H,28,29). The van der Waals surface area contributed by atoms with E-state index in [9.17, 15) is 4.79 Å². The van der Waals surface area contributed by atoms with Crippen molar-refractivity contribution in [3.8, 4) is 0 Å². The summed E-state index contributed by atoms with van der Waals surface area (Å²) in [6.07, 6.45) is 7.53. The topological polar surface area (TPSA) is 120 Å². The summed E-state index contributed by atoms with van der Waals surface area (Å²) in [6, 6.07) is 0.318. The normalized spacial score (nSPS) is 26.2. The Bertz CT molecular complexity index is 1020. The molecule has 10 heteroatoms. The van der Waals surface area contributed by atoms with Gasteiger partial charge in [0.1, 0.15) is 11.7 Å². The molecule has 2 aromatic heterocycles. The molecule has 0 aromatic carbocycles. The zero-order chi connectivity index (χ0) is 22.1. The summed E-state index contributed by atoms with van der Waals surface area (Å²) in [7, 11) is 0. The number of hydrogen-bond acceptors (Lipinski definition) is 8. The van der Waals surface area contributed by atoms with Crippen LogP contribution in [-0.2, 0) is 20.9 Å². The highest BCUT2D eigenvalue weighted by Crippen LogP contribution is 2.42. The lowest BCUT2D eigenvalue weighted by Gasteiger charge is -2.34. The Morgan fingerprint density at radius 1 is 1.28 bits per heavy atom. The lowest BCUT2D eigenvalue weighted by Crippen LogP contribution is -2.37. The number of rotatable bonds is 5. The molecule has 0 atom stereocenters. The first-order chi connectivity index (χ1) is 15.6. The lowest BCUT2D eigenvalue weighted by atomic mass is 9.79. The van der Waals surface area contributed by atoms with Crippen molar-refractivity contribution in [3.05, 3.63) is 18.0 Å². The van der Waals surface area contributed by atoms with Crippen molar-refractivity contribution >= 4 is 28.6 Å². The highest BCUT2D eigenvalue weighted by molar-refractivity contribution is 6.10. The molecule has 2 N–H and O–H groups in total. The third-order valence-electron chi connectivity index (χ3n) is 6.80. The fourth-order valence-corrected chi connectivity index (χ4v) is 4.99. The molecule has 1 spiro atoms. The molecule has 0 bridgehead atoms. The van der Waals surface area contributed by atoms with Gasteiger partial charge in [-0.05, 0) is 45.4 Å². The first-order valence-electron chi connectivity index (χ1n) is 11.4. The molecular formula is C22H29N5O5. The van der Waals surface area contributed by atoms with Gasteiger partial charge in [-0.15, -0.1) is 0 Å². The van der Waals surface area contributed by atoms with Crippen LogP contribution in [0.15, 0.2) is 17.5 Å². The molecule has 0 amide bonds. The lowest BCUT2D eigenvalue weighted by molar-refractivity contribution is -0.0738. The Morgan fingerprint density at radius 2 is 2.06 bits per heavy atom. The molecule has 2 aromatic rings. The molecular weight excluding hydrogens is 414 g/mol. The van der Waals surface area contributed by atoms with E-state index >= 15 is 0 Å². The molecule has 172 valence electrons. The first-order valence-corrected chi connectivity index (χ1v) is 11.4. The number of anilines is 1. The van der Waals surface area contributed by atoms with Crippen LogP contribution in [0, 0.1) is 0 Å². The van der Waals surface area contributed by atoms with Crippen LogP contribution in [-0.4, -0.2) is 62.7 Å². The van der Waals surface area contributed by atoms with Gasteiger partial charge in [-0.2, -0.15) is 5.10 Å². The van der Waals surface area contributed by atoms with Crippen LogP contribution in [0.1, 0.15) is 57.4 Å². The van der Waals surface area contributed by atoms with Gasteiger partial charge in [0, 0.05) is 44.0 Å². The van der Waals surface area contributed by atoms with Gasteiger partial charge in [0.05, 0.1) is 23.0 Å². The molecule has 10 nitrogen and oxygen atoms in total. The van der Waals surface area contributed by atoms with Gasteiger partial charge in [0.25, 0.3) is 0 Å². The minimum absolute atomic E-state index is 0.269. The third kappa shape index (κ3) is 3.99. The zero-order valence-corrected chi connectivity index (χ0v) is 18.2. The number of carboxylic acid groups (broad SMARTS) is 1. The van der Waals surface area contributed by atoms with Gasteiger partial charge in [-0.3, -0.25) is 0 Å². The SMILES string of the molecule is CCn1ncc2c(NC3CCOCC3)c(C3=NOC4(CCC(OC(=O)O)CC4)C3)cnc21. The minimum Gasteiger partial charge on any atom is -0.450 e. The van der Waals surface area contributed by atoms with Gasteiger partial charge in [-0.1, -0.05) is 5.16 Å². The van der Waals surface area contributed by atoms with Crippen LogP contribution >= 0.6 is 0 Å². The van der Waals surface area contributed by atoms with E-state index in [0.29, 0.717) is 38.1 Å². The smallest absolute Gasteiger partial charge is 0.450 e. The summed E-state index contributed by atoms with van der Waals surface area (Å²) >= 11 is 0. The Morgan fingerprint density at radius 3 is 2.78 bits per heavy atom. The van der Waals surface area contributed by atoms with E-state index in [1.165, 1.54) is 0 Å². The monoisotopic (exact) mass is 443 g/mol. The highest BCUT2D eigenvalue weighted by Gasteiger charge is 2.44. The predicted molar refractivity (Wildman–Crippen MR) is 117 cm³/mol. The Hall–Kier alpha value is -2.88. The highest BCUT2D eigenvalue weighted by atomic mass is 16.7. The second kappa shape index (κ2) is 8.57. The summed E-state index contributed by atoms with van der Waals surface area (Å²) < 4.78 is 12.4. The number of pyridine rings is 1. The molecule has 0 radical (unpaired) electrons. The van der Waals surface area contributed by atoms with Gasteiger partial charge in [0.2, 0.25) is 0 Å². The number of nitrogens with zero attached hydrogens (tertiary/aromatic N) is 4. The quantitative estimate of drug-likeness (QED) is 0.673. The number of aryl methyl sites for hydroxylation is 1. The maximum absolute atomic E-state index is 10.8. The van der Waals surface area contributed by atoms with Crippen LogP contribution in [0.25, 0.3) is 11.0 Å². The summed E-state index contributed by atoms with van der Waals surface area (Å²) in [5.41, 5.74) is 3.28. The summed E-state index contributed by atoms with van der Waals surface area (Å²) in [6.45, 7) is 4.31. The Kier molecular flexibility index (Phi) is 5.62. The van der Waals surface area contributed by atoms with Gasteiger partial charge < -0.3 is 24.7 Å². The second-order valence-electron chi connectivity index (χ2n) is 8.85. The van der Waals surface area contributed by atoms with Crippen molar-refractivity contribution in [2.75, 3.05) is 18.5 Å². The van der Waals surface area contributed by atoms with E-state index in [0.717, 1.165) is 60.6 Å². The molecule has 1 aliphatic carbocycles. The van der Waals surface area contributed by atoms with Crippen LogP contribution in [0.3, 0.4) is 0 Å². The summed E-state index contributed by atoms with van der Waals surface area (Å²) in [5.74, 6) is 0. The van der Waals surface area contributed by atoms with Crippen molar-refractivity contribution in [1.82, 2.24) is 14.8 Å². The molecule has 3 aliphatic rings. The average molecular weight is 444 g/mol. The Labute approximate surface area is 185 Å². The van der Waals surface area contributed by atoms with Crippen molar-refractivity contribution in [2.24, 2.45) is 5.16 Å². The van der Waals surface area contributed by atoms with E-state index in [1.807, 2.05) is 17.1 Å². The van der Waals surface area contributed by atoms with Gasteiger partial charge in [0.15, 0.2) is 5.65 Å². The maximum Gasteiger partial charge on any atom is 0.506 e.